The Kier molecular flexibility index (Phi) is 3.36. The van der Waals surface area contributed by atoms with Crippen molar-refractivity contribution in [1.82, 2.24) is 0 Å². The van der Waals surface area contributed by atoms with Crippen LogP contribution in [0.2, 0.25) is 5.02 Å². The first-order valence-corrected chi connectivity index (χ1v) is 4.52. The second-order valence-electron chi connectivity index (χ2n) is 2.99. The van der Waals surface area contributed by atoms with Gasteiger partial charge in [-0.3, -0.25) is 0 Å². The molecule has 0 radical (unpaired) electrons. The van der Waals surface area contributed by atoms with E-state index in [2.05, 4.69) is 0 Å². The number of aliphatic carboxylic acids is 1. The number of carbonyl (C=O) groups is 1. The van der Waals surface area contributed by atoms with Crippen molar-refractivity contribution in [2.45, 2.75) is 20.0 Å². The molecule has 0 fully saturated rings. The summed E-state index contributed by atoms with van der Waals surface area (Å²) >= 11 is 5.73. The third-order valence-corrected chi connectivity index (χ3v) is 2.01. The molecule has 0 aliphatic heterocycles. The molecule has 0 unspecified atom stereocenters. The smallest absolute Gasteiger partial charge is 0.135 e. The molecule has 14 heavy (non-hydrogen) atoms. The summed E-state index contributed by atoms with van der Waals surface area (Å²) in [5, 5.41) is 11.0. The second-order valence-corrected chi connectivity index (χ2v) is 3.43. The van der Waals surface area contributed by atoms with Gasteiger partial charge in [-0.05, 0) is 37.6 Å². The Morgan fingerprint density at radius 2 is 2.21 bits per heavy atom. The number of ether oxygens (including phenoxy) is 1. The molecule has 0 saturated heterocycles. The first-order valence-electron chi connectivity index (χ1n) is 4.14. The predicted molar refractivity (Wildman–Crippen MR) is 51.3 cm³/mol. The first kappa shape index (κ1) is 10.9. The summed E-state index contributed by atoms with van der Waals surface area (Å²) < 4.78 is 5.14. The average Bonchev–Trinajstić information content (AvgIpc) is 2.09. The van der Waals surface area contributed by atoms with Gasteiger partial charge in [-0.25, -0.2) is 0 Å². The van der Waals surface area contributed by atoms with Crippen LogP contribution in [0.25, 0.3) is 0 Å². The van der Waals surface area contributed by atoms with Crippen LogP contribution in [0.5, 0.6) is 5.75 Å². The maximum atomic E-state index is 10.4. The number of halogens is 1. The highest BCUT2D eigenvalue weighted by atomic mass is 35.5. The number of rotatable bonds is 3. The lowest BCUT2D eigenvalue weighted by molar-refractivity contribution is -0.312. The Morgan fingerprint density at radius 1 is 1.57 bits per heavy atom. The summed E-state index contributed by atoms with van der Waals surface area (Å²) in [5.74, 6) is -0.731. The second kappa shape index (κ2) is 4.33. The van der Waals surface area contributed by atoms with Crippen LogP contribution in [0.4, 0.5) is 0 Å². The molecular weight excluding hydrogens is 204 g/mol. The fourth-order valence-corrected chi connectivity index (χ4v) is 1.21. The lowest BCUT2D eigenvalue weighted by Gasteiger charge is -2.16. The highest BCUT2D eigenvalue weighted by molar-refractivity contribution is 6.30. The molecular formula is C10H10ClO3-. The molecule has 4 heteroatoms. The maximum Gasteiger partial charge on any atom is 0.135 e. The van der Waals surface area contributed by atoms with E-state index in [-0.39, 0.29) is 0 Å². The van der Waals surface area contributed by atoms with Gasteiger partial charge in [0.15, 0.2) is 0 Å². The van der Waals surface area contributed by atoms with Crippen molar-refractivity contribution >= 4 is 17.6 Å². The fourth-order valence-electron chi connectivity index (χ4n) is 0.984. The molecule has 0 aliphatic rings. The lowest BCUT2D eigenvalue weighted by atomic mass is 10.2. The highest BCUT2D eigenvalue weighted by Gasteiger charge is 2.06. The van der Waals surface area contributed by atoms with Gasteiger partial charge in [0.2, 0.25) is 0 Å². The number of hydrogen-bond acceptors (Lipinski definition) is 3. The molecule has 0 N–H and O–H groups in total. The van der Waals surface area contributed by atoms with E-state index >= 15 is 0 Å². The minimum atomic E-state index is -1.24. The van der Waals surface area contributed by atoms with Gasteiger partial charge in [-0.15, -0.1) is 0 Å². The molecule has 0 amide bonds. The summed E-state index contributed by atoms with van der Waals surface area (Å²) in [4.78, 5) is 10.4. The largest absolute Gasteiger partial charge is 0.546 e. The molecule has 0 aromatic heterocycles. The maximum absolute atomic E-state index is 10.4. The van der Waals surface area contributed by atoms with Gasteiger partial charge < -0.3 is 14.6 Å². The molecule has 76 valence electrons. The van der Waals surface area contributed by atoms with Gasteiger partial charge >= 0.3 is 0 Å². The zero-order valence-corrected chi connectivity index (χ0v) is 8.67. The number of benzene rings is 1. The van der Waals surface area contributed by atoms with Crippen molar-refractivity contribution in [3.63, 3.8) is 0 Å². The normalized spacial score (nSPS) is 12.2. The monoisotopic (exact) mass is 213 g/mol. The lowest BCUT2D eigenvalue weighted by Crippen LogP contribution is -2.37. The van der Waals surface area contributed by atoms with Gasteiger partial charge in [0.1, 0.15) is 11.9 Å². The minimum Gasteiger partial charge on any atom is -0.546 e. The van der Waals surface area contributed by atoms with Gasteiger partial charge in [-0.1, -0.05) is 11.6 Å². The van der Waals surface area contributed by atoms with E-state index in [0.717, 1.165) is 5.56 Å². The molecule has 0 heterocycles. The highest BCUT2D eigenvalue weighted by Crippen LogP contribution is 2.22. The number of hydrogen-bond donors (Lipinski definition) is 0. The van der Waals surface area contributed by atoms with Crippen LogP contribution >= 0.6 is 11.6 Å². The molecule has 0 saturated carbocycles. The molecule has 1 aromatic rings. The Bertz CT molecular complexity index is 349. The standard InChI is InChI=1S/C10H11ClO3/c1-6-5-8(11)3-4-9(6)14-7(2)10(12)13/h3-5,7H,1-2H3,(H,12,13)/p-1/t7-/m0/s1. The molecule has 0 aliphatic carbocycles. The van der Waals surface area contributed by atoms with Crippen molar-refractivity contribution in [1.29, 1.82) is 0 Å². The van der Waals surface area contributed by atoms with Crippen LogP contribution in [0.1, 0.15) is 12.5 Å². The number of carbonyl (C=O) groups excluding carboxylic acids is 1. The van der Waals surface area contributed by atoms with Gasteiger partial charge in [-0.2, -0.15) is 0 Å². The van der Waals surface area contributed by atoms with Crippen molar-refractivity contribution in [3.8, 4) is 5.75 Å². The zero-order valence-electron chi connectivity index (χ0n) is 7.91. The molecule has 1 rings (SSSR count). The summed E-state index contributed by atoms with van der Waals surface area (Å²) in [7, 11) is 0. The number of aryl methyl sites for hydroxylation is 1. The number of carboxylic acid groups (broad SMARTS) is 1. The minimum absolute atomic E-state index is 0.506. The molecule has 0 bridgehead atoms. The van der Waals surface area contributed by atoms with Crippen molar-refractivity contribution in [2.24, 2.45) is 0 Å². The van der Waals surface area contributed by atoms with Gasteiger partial charge in [0.05, 0.1) is 5.97 Å². The van der Waals surface area contributed by atoms with Crippen LogP contribution < -0.4 is 9.84 Å². The zero-order chi connectivity index (χ0) is 10.7. The summed E-state index contributed by atoms with van der Waals surface area (Å²) in [6.45, 7) is 3.21. The van der Waals surface area contributed by atoms with Crippen molar-refractivity contribution in [2.75, 3.05) is 0 Å². The Balaban J connectivity index is 2.82. The molecule has 1 aromatic carbocycles. The first-order chi connectivity index (χ1) is 6.50. The molecule has 1 atom stereocenters. The van der Waals surface area contributed by atoms with E-state index in [9.17, 15) is 9.90 Å². The quantitative estimate of drug-likeness (QED) is 0.757. The van der Waals surface area contributed by atoms with Crippen LogP contribution in [0, 0.1) is 6.92 Å². The third kappa shape index (κ3) is 2.64. The van der Waals surface area contributed by atoms with E-state index in [0.29, 0.717) is 10.8 Å². The SMILES string of the molecule is Cc1cc(Cl)ccc1O[C@@H](C)C(=O)[O-]. The van der Waals surface area contributed by atoms with E-state index in [1.807, 2.05) is 0 Å². The molecule has 3 nitrogen and oxygen atoms in total. The van der Waals surface area contributed by atoms with E-state index < -0.39 is 12.1 Å². The Labute approximate surface area is 87.3 Å². The van der Waals surface area contributed by atoms with E-state index in [1.54, 1.807) is 25.1 Å². The molecule has 0 spiro atoms. The van der Waals surface area contributed by atoms with Crippen LogP contribution in [0.3, 0.4) is 0 Å². The van der Waals surface area contributed by atoms with Crippen LogP contribution in [0.15, 0.2) is 18.2 Å². The van der Waals surface area contributed by atoms with E-state index in [1.165, 1.54) is 6.92 Å². The Hall–Kier alpha value is -1.22. The summed E-state index contributed by atoms with van der Waals surface area (Å²) in [6.07, 6.45) is -0.963. The van der Waals surface area contributed by atoms with Crippen molar-refractivity contribution in [3.05, 3.63) is 28.8 Å². The summed E-state index contributed by atoms with van der Waals surface area (Å²) in [5.41, 5.74) is 0.797. The van der Waals surface area contributed by atoms with Gasteiger partial charge in [0.25, 0.3) is 0 Å². The fraction of sp³-hybridized carbons (Fsp3) is 0.300. The van der Waals surface area contributed by atoms with E-state index in [4.69, 9.17) is 16.3 Å². The number of carboxylic acids is 1. The average molecular weight is 214 g/mol. The van der Waals surface area contributed by atoms with Crippen LogP contribution in [-0.2, 0) is 4.79 Å². The van der Waals surface area contributed by atoms with Crippen LogP contribution in [-0.4, -0.2) is 12.1 Å². The predicted octanol–water partition coefficient (Wildman–Crippen LogP) is 1.17. The third-order valence-electron chi connectivity index (χ3n) is 1.77. The van der Waals surface area contributed by atoms with Crippen molar-refractivity contribution < 1.29 is 14.6 Å². The van der Waals surface area contributed by atoms with Gasteiger partial charge in [0, 0.05) is 5.02 Å². The summed E-state index contributed by atoms with van der Waals surface area (Å²) in [6, 6.07) is 4.99. The Morgan fingerprint density at radius 3 is 2.71 bits per heavy atom. The topological polar surface area (TPSA) is 49.4 Å².